The number of nitrogens with one attached hydrogen (secondary N) is 1. The van der Waals surface area contributed by atoms with Gasteiger partial charge in [0.05, 0.1) is 27.3 Å². The Morgan fingerprint density at radius 2 is 1.68 bits per heavy atom. The molecule has 2 amide bonds. The first kappa shape index (κ1) is 27.7. The highest BCUT2D eigenvalue weighted by Gasteiger charge is 2.60. The summed E-state index contributed by atoms with van der Waals surface area (Å²) in [5.74, 6) is -1.66. The summed E-state index contributed by atoms with van der Waals surface area (Å²) < 4.78 is 57.5. The maximum Gasteiger partial charge on any atom is 0.264 e. The molecule has 0 bridgehead atoms. The van der Waals surface area contributed by atoms with Crippen molar-refractivity contribution < 1.29 is 26.8 Å². The van der Waals surface area contributed by atoms with Crippen LogP contribution in [-0.4, -0.2) is 44.3 Å². The molecule has 11 heteroatoms. The SMILES string of the molecule is CC(=O)N1CCC2(CC1)c1cc(C(=O)Nc3cccc(F)c3Cl)ccc1N(S(=O)(=O)c1ccc(F)cc1)C2C1CC1. The highest BCUT2D eigenvalue weighted by atomic mass is 35.5. The van der Waals surface area contributed by atoms with Crippen molar-refractivity contribution in [2.45, 2.75) is 49.0 Å². The number of likely N-dealkylation sites (tertiary alicyclic amines) is 1. The first-order chi connectivity index (χ1) is 19.5. The Morgan fingerprint density at radius 1 is 1.00 bits per heavy atom. The molecule has 2 heterocycles. The predicted molar refractivity (Wildman–Crippen MR) is 152 cm³/mol. The molecule has 0 aromatic heterocycles. The van der Waals surface area contributed by atoms with Gasteiger partial charge in [-0.3, -0.25) is 13.9 Å². The van der Waals surface area contributed by atoms with Crippen LogP contribution >= 0.6 is 11.6 Å². The molecule has 1 saturated heterocycles. The van der Waals surface area contributed by atoms with Gasteiger partial charge in [0, 0.05) is 31.0 Å². The van der Waals surface area contributed by atoms with Crippen molar-refractivity contribution in [1.29, 1.82) is 0 Å². The molecule has 1 N–H and O–H groups in total. The summed E-state index contributed by atoms with van der Waals surface area (Å²) in [7, 11) is -4.09. The van der Waals surface area contributed by atoms with Gasteiger partial charge in [-0.05, 0) is 91.8 Å². The number of hydrogen-bond donors (Lipinski definition) is 1. The van der Waals surface area contributed by atoms with E-state index in [4.69, 9.17) is 11.6 Å². The Hall–Kier alpha value is -3.50. The van der Waals surface area contributed by atoms with Gasteiger partial charge in [-0.1, -0.05) is 17.7 Å². The number of piperidine rings is 1. The largest absolute Gasteiger partial charge is 0.343 e. The zero-order chi connectivity index (χ0) is 29.1. The zero-order valence-corrected chi connectivity index (χ0v) is 23.8. The summed E-state index contributed by atoms with van der Waals surface area (Å²) in [5, 5.41) is 2.45. The molecule has 214 valence electrons. The molecular weight excluding hydrogens is 572 g/mol. The molecule has 3 aliphatic rings. The number of carbonyl (C=O) groups is 2. The molecule has 41 heavy (non-hydrogen) atoms. The lowest BCUT2D eigenvalue weighted by atomic mass is 9.68. The number of halogens is 3. The molecule has 3 aromatic rings. The van der Waals surface area contributed by atoms with Gasteiger partial charge in [0.1, 0.15) is 11.6 Å². The molecule has 2 fully saturated rings. The van der Waals surface area contributed by atoms with E-state index in [-0.39, 0.29) is 33.0 Å². The molecular formula is C30H28ClF2N3O4S. The van der Waals surface area contributed by atoms with Crippen molar-refractivity contribution in [2.24, 2.45) is 5.92 Å². The molecule has 2 aliphatic heterocycles. The standard InChI is InChI=1S/C30H28ClF2N3O4S/c1-18(37)35-15-13-30(14-16-35)23-17-20(29(38)34-25-4-2-3-24(33)27(25)31)7-12-26(23)36(28(30)19-5-6-19)41(39,40)22-10-8-21(32)9-11-22/h2-4,7-12,17,19,28H,5-6,13-16H2,1H3,(H,34,38). The summed E-state index contributed by atoms with van der Waals surface area (Å²) in [6, 6.07) is 13.4. The fraction of sp³-hybridized carbons (Fsp3) is 0.333. The topological polar surface area (TPSA) is 86.8 Å². The van der Waals surface area contributed by atoms with Gasteiger partial charge in [0.2, 0.25) is 5.91 Å². The fourth-order valence-electron chi connectivity index (χ4n) is 6.44. The number of nitrogens with zero attached hydrogens (tertiary/aromatic N) is 2. The molecule has 6 rings (SSSR count). The van der Waals surface area contributed by atoms with Crippen LogP contribution < -0.4 is 9.62 Å². The number of carbonyl (C=O) groups excluding carboxylic acids is 2. The Kier molecular flexibility index (Phi) is 6.81. The van der Waals surface area contributed by atoms with Gasteiger partial charge < -0.3 is 10.2 Å². The number of fused-ring (bicyclic) bond motifs is 2. The lowest BCUT2D eigenvalue weighted by Crippen LogP contribution is -2.54. The van der Waals surface area contributed by atoms with E-state index in [1.54, 1.807) is 23.1 Å². The average molecular weight is 600 g/mol. The monoisotopic (exact) mass is 599 g/mol. The molecule has 3 aromatic carbocycles. The maximum atomic E-state index is 14.2. The van der Waals surface area contributed by atoms with E-state index < -0.39 is 39.0 Å². The van der Waals surface area contributed by atoms with Crippen LogP contribution in [0.1, 0.15) is 48.5 Å². The van der Waals surface area contributed by atoms with Crippen LogP contribution in [0.25, 0.3) is 0 Å². The van der Waals surface area contributed by atoms with Crippen LogP contribution in [0.15, 0.2) is 65.6 Å². The minimum absolute atomic E-state index is 0.0173. The molecule has 1 atom stereocenters. The second-order valence-electron chi connectivity index (χ2n) is 11.0. The van der Waals surface area contributed by atoms with E-state index in [0.717, 1.165) is 30.5 Å². The number of anilines is 2. The van der Waals surface area contributed by atoms with Gasteiger partial charge in [0.25, 0.3) is 15.9 Å². The Bertz CT molecular complexity index is 1650. The van der Waals surface area contributed by atoms with E-state index in [9.17, 15) is 26.8 Å². The molecule has 1 spiro atoms. The van der Waals surface area contributed by atoms with Crippen molar-refractivity contribution in [2.75, 3.05) is 22.7 Å². The second-order valence-corrected chi connectivity index (χ2v) is 13.2. The molecule has 7 nitrogen and oxygen atoms in total. The molecule has 0 radical (unpaired) electrons. The summed E-state index contributed by atoms with van der Waals surface area (Å²) in [5.41, 5.74) is 0.956. The summed E-state index contributed by atoms with van der Waals surface area (Å²) >= 11 is 6.05. The van der Waals surface area contributed by atoms with Gasteiger partial charge in [-0.2, -0.15) is 0 Å². The Labute approximate surface area is 242 Å². The van der Waals surface area contributed by atoms with Gasteiger partial charge in [-0.25, -0.2) is 17.2 Å². The minimum Gasteiger partial charge on any atom is -0.343 e. The summed E-state index contributed by atoms with van der Waals surface area (Å²) in [4.78, 5) is 27.3. The van der Waals surface area contributed by atoms with E-state index in [2.05, 4.69) is 5.32 Å². The van der Waals surface area contributed by atoms with E-state index in [0.29, 0.717) is 31.6 Å². The van der Waals surface area contributed by atoms with Crippen molar-refractivity contribution in [3.8, 4) is 0 Å². The first-order valence-electron chi connectivity index (χ1n) is 13.5. The van der Waals surface area contributed by atoms with Crippen molar-refractivity contribution >= 4 is 44.8 Å². The van der Waals surface area contributed by atoms with Gasteiger partial charge in [0.15, 0.2) is 0 Å². The Morgan fingerprint density at radius 3 is 2.32 bits per heavy atom. The van der Waals surface area contributed by atoms with E-state index in [1.165, 1.54) is 41.6 Å². The zero-order valence-electron chi connectivity index (χ0n) is 22.2. The van der Waals surface area contributed by atoms with Crippen molar-refractivity contribution in [1.82, 2.24) is 4.90 Å². The fourth-order valence-corrected chi connectivity index (χ4v) is 8.41. The number of rotatable bonds is 5. The average Bonchev–Trinajstić information content (AvgIpc) is 3.75. The number of benzene rings is 3. The lowest BCUT2D eigenvalue weighted by Gasteiger charge is -2.45. The van der Waals surface area contributed by atoms with Crippen LogP contribution in [0.4, 0.5) is 20.2 Å². The molecule has 1 unspecified atom stereocenters. The highest BCUT2D eigenvalue weighted by molar-refractivity contribution is 7.92. The molecule has 1 aliphatic carbocycles. The van der Waals surface area contributed by atoms with Crippen LogP contribution in [-0.2, 0) is 20.2 Å². The minimum atomic E-state index is -4.09. The van der Waals surface area contributed by atoms with Crippen molar-refractivity contribution in [3.63, 3.8) is 0 Å². The van der Waals surface area contributed by atoms with Crippen LogP contribution in [0.5, 0.6) is 0 Å². The third kappa shape index (κ3) is 4.67. The summed E-state index contributed by atoms with van der Waals surface area (Å²) in [6.45, 7) is 2.43. The number of sulfonamides is 1. The number of hydrogen-bond acceptors (Lipinski definition) is 4. The number of amides is 2. The smallest absolute Gasteiger partial charge is 0.264 e. The van der Waals surface area contributed by atoms with E-state index >= 15 is 0 Å². The maximum absolute atomic E-state index is 14.2. The van der Waals surface area contributed by atoms with Crippen molar-refractivity contribution in [3.05, 3.63) is 88.4 Å². The highest BCUT2D eigenvalue weighted by Crippen LogP contribution is 2.59. The third-order valence-corrected chi connectivity index (χ3v) is 10.8. The van der Waals surface area contributed by atoms with Crippen LogP contribution in [0, 0.1) is 17.6 Å². The lowest BCUT2D eigenvalue weighted by molar-refractivity contribution is -0.130. The van der Waals surface area contributed by atoms with Crippen LogP contribution in [0.3, 0.4) is 0 Å². The second kappa shape index (κ2) is 10.1. The van der Waals surface area contributed by atoms with Gasteiger partial charge in [-0.15, -0.1) is 0 Å². The van der Waals surface area contributed by atoms with Crippen LogP contribution in [0.2, 0.25) is 5.02 Å². The normalized spacial score (nSPS) is 19.8. The first-order valence-corrected chi connectivity index (χ1v) is 15.3. The quantitative estimate of drug-likeness (QED) is 0.405. The van der Waals surface area contributed by atoms with E-state index in [1.807, 2.05) is 0 Å². The molecule has 1 saturated carbocycles. The van der Waals surface area contributed by atoms with Gasteiger partial charge >= 0.3 is 0 Å². The predicted octanol–water partition coefficient (Wildman–Crippen LogP) is 5.74. The Balaban J connectivity index is 1.46. The summed E-state index contributed by atoms with van der Waals surface area (Å²) in [6.07, 6.45) is 2.77. The third-order valence-electron chi connectivity index (χ3n) is 8.59.